The number of aryl methyl sites for hydroxylation is 1. The van der Waals surface area contributed by atoms with Gasteiger partial charge in [0.2, 0.25) is 0 Å². The van der Waals surface area contributed by atoms with E-state index in [1.54, 1.807) is 18.4 Å². The fourth-order valence-electron chi connectivity index (χ4n) is 3.43. The van der Waals surface area contributed by atoms with Crippen molar-refractivity contribution in [2.75, 3.05) is 13.7 Å². The Bertz CT molecular complexity index is 1280. The van der Waals surface area contributed by atoms with Gasteiger partial charge in [0.15, 0.2) is 5.82 Å². The first-order chi connectivity index (χ1) is 13.7. The summed E-state index contributed by atoms with van der Waals surface area (Å²) in [5.41, 5.74) is 8.03. The largest absolute Gasteiger partial charge is 0.383 e. The first-order valence-corrected chi connectivity index (χ1v) is 9.96. The van der Waals surface area contributed by atoms with E-state index in [-0.39, 0.29) is 0 Å². The summed E-state index contributed by atoms with van der Waals surface area (Å²) in [4.78, 5) is 17.3. The predicted octanol–water partition coefficient (Wildman–Crippen LogP) is 4.66. The molecule has 0 fully saturated rings. The summed E-state index contributed by atoms with van der Waals surface area (Å²) in [5, 5.41) is 0. The molecule has 2 aromatic carbocycles. The molecule has 0 aliphatic heterocycles. The van der Waals surface area contributed by atoms with Crippen molar-refractivity contribution in [1.29, 1.82) is 0 Å². The number of nitrogens with zero attached hydrogens (tertiary/aromatic N) is 4. The summed E-state index contributed by atoms with van der Waals surface area (Å²) in [5.74, 6) is 1.68. The first-order valence-electron chi connectivity index (χ1n) is 9.08. The van der Waals surface area contributed by atoms with Crippen LogP contribution in [0, 0.1) is 6.92 Å². The van der Waals surface area contributed by atoms with Crippen LogP contribution in [0.1, 0.15) is 5.56 Å². The Labute approximate surface area is 165 Å². The van der Waals surface area contributed by atoms with Crippen molar-refractivity contribution in [1.82, 2.24) is 24.5 Å². The van der Waals surface area contributed by atoms with Crippen molar-refractivity contribution >= 4 is 32.6 Å². The molecule has 0 saturated heterocycles. The molecule has 1 N–H and O–H groups in total. The molecule has 0 amide bonds. The highest BCUT2D eigenvalue weighted by Crippen LogP contribution is 2.28. The molecule has 3 heterocycles. The number of methoxy groups -OCH3 is 1. The van der Waals surface area contributed by atoms with Gasteiger partial charge < -0.3 is 14.3 Å². The number of rotatable bonds is 5. The minimum Gasteiger partial charge on any atom is -0.383 e. The molecule has 5 rings (SSSR count). The number of benzene rings is 2. The minimum atomic E-state index is 0.619. The molecule has 0 aliphatic rings. The number of aromatic amines is 1. The van der Waals surface area contributed by atoms with Crippen LogP contribution in [0.2, 0.25) is 0 Å². The van der Waals surface area contributed by atoms with Gasteiger partial charge in [-0.2, -0.15) is 0 Å². The van der Waals surface area contributed by atoms with Gasteiger partial charge in [0.05, 0.1) is 39.6 Å². The number of thiazole rings is 1. The van der Waals surface area contributed by atoms with Gasteiger partial charge in [-0.1, -0.05) is 6.07 Å². The van der Waals surface area contributed by atoms with Crippen molar-refractivity contribution < 1.29 is 4.74 Å². The molecule has 6 nitrogen and oxygen atoms in total. The van der Waals surface area contributed by atoms with Gasteiger partial charge in [0, 0.05) is 19.2 Å². The third-order valence-electron chi connectivity index (χ3n) is 4.84. The van der Waals surface area contributed by atoms with Crippen molar-refractivity contribution in [2.45, 2.75) is 13.5 Å². The van der Waals surface area contributed by atoms with Crippen LogP contribution in [0.4, 0.5) is 0 Å². The van der Waals surface area contributed by atoms with E-state index in [0.717, 1.165) is 46.0 Å². The van der Waals surface area contributed by atoms with Crippen LogP contribution in [0.3, 0.4) is 0 Å². The second-order valence-corrected chi connectivity index (χ2v) is 7.64. The third kappa shape index (κ3) is 2.89. The highest BCUT2D eigenvalue weighted by Gasteiger charge is 2.15. The molecule has 5 aromatic rings. The normalized spacial score (nSPS) is 11.6. The van der Waals surface area contributed by atoms with Crippen LogP contribution in [0.15, 0.2) is 48.1 Å². The van der Waals surface area contributed by atoms with Crippen LogP contribution in [-0.4, -0.2) is 38.2 Å². The summed E-state index contributed by atoms with van der Waals surface area (Å²) < 4.78 is 8.67. The van der Waals surface area contributed by atoms with Crippen molar-refractivity contribution in [3.8, 4) is 22.9 Å². The summed E-state index contributed by atoms with van der Waals surface area (Å²) in [6.07, 6.45) is 1.85. The van der Waals surface area contributed by atoms with E-state index in [0.29, 0.717) is 6.61 Å². The summed E-state index contributed by atoms with van der Waals surface area (Å²) in [7, 11) is 1.72. The summed E-state index contributed by atoms with van der Waals surface area (Å²) in [6.45, 7) is 3.44. The lowest BCUT2D eigenvalue weighted by molar-refractivity contribution is 0.188. The molecule has 0 aliphatic carbocycles. The van der Waals surface area contributed by atoms with Crippen LogP contribution in [-0.2, 0) is 11.3 Å². The van der Waals surface area contributed by atoms with Gasteiger partial charge in [-0.25, -0.2) is 15.0 Å². The average molecular weight is 389 g/mol. The first kappa shape index (κ1) is 17.1. The minimum absolute atomic E-state index is 0.619. The lowest BCUT2D eigenvalue weighted by Gasteiger charge is -2.07. The van der Waals surface area contributed by atoms with Gasteiger partial charge in [-0.05, 0) is 42.8 Å². The maximum absolute atomic E-state index is 5.31. The Kier molecular flexibility index (Phi) is 4.18. The number of nitrogens with one attached hydrogen (secondary N) is 1. The SMILES string of the molecule is COCCn1c(-c2cnc(-c3ccc4scnc4c3)[nH]2)nc2ccc(C)cc21. The molecule has 7 heteroatoms. The highest BCUT2D eigenvalue weighted by atomic mass is 32.1. The van der Waals surface area contributed by atoms with Crippen LogP contribution < -0.4 is 0 Å². The van der Waals surface area contributed by atoms with E-state index in [1.807, 2.05) is 11.7 Å². The lowest BCUT2D eigenvalue weighted by atomic mass is 10.2. The van der Waals surface area contributed by atoms with Crippen molar-refractivity contribution in [3.63, 3.8) is 0 Å². The molecule has 140 valence electrons. The Morgan fingerprint density at radius 3 is 2.93 bits per heavy atom. The monoisotopic (exact) mass is 389 g/mol. The molecule has 0 unspecified atom stereocenters. The third-order valence-corrected chi connectivity index (χ3v) is 5.65. The van der Waals surface area contributed by atoms with E-state index in [2.05, 4.69) is 62.8 Å². The molecule has 28 heavy (non-hydrogen) atoms. The Morgan fingerprint density at radius 1 is 1.11 bits per heavy atom. The van der Waals surface area contributed by atoms with Gasteiger partial charge in [-0.3, -0.25) is 0 Å². The van der Waals surface area contributed by atoms with Crippen LogP contribution in [0.5, 0.6) is 0 Å². The lowest BCUT2D eigenvalue weighted by Crippen LogP contribution is -2.06. The number of imidazole rings is 2. The molecular weight excluding hydrogens is 370 g/mol. The molecular formula is C21H19N5OS. The van der Waals surface area contributed by atoms with E-state index in [9.17, 15) is 0 Å². The average Bonchev–Trinajstić information content (AvgIpc) is 3.43. The zero-order valence-electron chi connectivity index (χ0n) is 15.6. The molecule has 3 aromatic heterocycles. The molecule has 0 radical (unpaired) electrons. The van der Waals surface area contributed by atoms with Gasteiger partial charge in [0.1, 0.15) is 11.5 Å². The number of H-pyrrole nitrogens is 1. The number of fused-ring (bicyclic) bond motifs is 2. The Hall–Kier alpha value is -3.03. The topological polar surface area (TPSA) is 68.6 Å². The van der Waals surface area contributed by atoms with Gasteiger partial charge >= 0.3 is 0 Å². The molecule has 0 saturated carbocycles. The number of hydrogen-bond acceptors (Lipinski definition) is 5. The second kappa shape index (κ2) is 6.85. The number of aromatic nitrogens is 5. The zero-order valence-corrected chi connectivity index (χ0v) is 16.5. The quantitative estimate of drug-likeness (QED) is 0.475. The predicted molar refractivity (Wildman–Crippen MR) is 113 cm³/mol. The smallest absolute Gasteiger partial charge is 0.159 e. The maximum atomic E-state index is 5.31. The second-order valence-electron chi connectivity index (χ2n) is 6.75. The standard InChI is InChI=1S/C21H19N5OS/c1-13-3-5-15-18(9-13)26(7-8-27-2)21(25-15)17-11-22-20(24-17)14-4-6-19-16(10-14)23-12-28-19/h3-6,9-12H,7-8H2,1-2H3,(H,22,24). The molecule has 0 spiro atoms. The fourth-order valence-corrected chi connectivity index (χ4v) is 4.09. The van der Waals surface area contributed by atoms with Gasteiger partial charge in [-0.15, -0.1) is 11.3 Å². The molecule has 0 bridgehead atoms. The molecule has 0 atom stereocenters. The van der Waals surface area contributed by atoms with E-state index in [1.165, 1.54) is 10.3 Å². The van der Waals surface area contributed by atoms with Crippen molar-refractivity contribution in [2.24, 2.45) is 0 Å². The number of hydrogen-bond donors (Lipinski definition) is 1. The van der Waals surface area contributed by atoms with E-state index in [4.69, 9.17) is 9.72 Å². The van der Waals surface area contributed by atoms with Crippen LogP contribution >= 0.6 is 11.3 Å². The van der Waals surface area contributed by atoms with E-state index >= 15 is 0 Å². The zero-order chi connectivity index (χ0) is 19.1. The maximum Gasteiger partial charge on any atom is 0.159 e. The van der Waals surface area contributed by atoms with E-state index < -0.39 is 0 Å². The van der Waals surface area contributed by atoms with Crippen LogP contribution in [0.25, 0.3) is 44.2 Å². The Morgan fingerprint density at radius 2 is 2.04 bits per heavy atom. The number of ether oxygens (including phenoxy) is 1. The van der Waals surface area contributed by atoms with Crippen molar-refractivity contribution in [3.05, 3.63) is 53.7 Å². The summed E-state index contributed by atoms with van der Waals surface area (Å²) >= 11 is 1.64. The van der Waals surface area contributed by atoms with Gasteiger partial charge in [0.25, 0.3) is 0 Å². The summed E-state index contributed by atoms with van der Waals surface area (Å²) in [6, 6.07) is 12.5. The fraction of sp³-hybridized carbons (Fsp3) is 0.190. The Balaban J connectivity index is 1.60. The highest BCUT2D eigenvalue weighted by molar-refractivity contribution is 7.16.